The molecular weight excluding hydrogens is 296 g/mol. The van der Waals surface area contributed by atoms with Gasteiger partial charge < -0.3 is 9.47 Å². The maximum Gasteiger partial charge on any atom is 0.153 e. The van der Waals surface area contributed by atoms with Crippen LogP contribution in [0.15, 0.2) is 12.1 Å². The lowest BCUT2D eigenvalue weighted by molar-refractivity contribution is 0.293. The fourth-order valence-electron chi connectivity index (χ4n) is 2.54. The third kappa shape index (κ3) is 3.52. The van der Waals surface area contributed by atoms with E-state index in [1.54, 1.807) is 0 Å². The quantitative estimate of drug-likeness (QED) is 0.725. The largest absolute Gasteiger partial charge is 0.327 e. The summed E-state index contributed by atoms with van der Waals surface area (Å²) in [6.45, 7) is 7.81. The molecule has 0 saturated carbocycles. The van der Waals surface area contributed by atoms with E-state index >= 15 is 0 Å². The Hall–Kier alpha value is -1.20. The first-order valence-electron chi connectivity index (χ1n) is 7.23. The predicted octanol–water partition coefficient (Wildman–Crippen LogP) is 3.79. The second-order valence-electron chi connectivity index (χ2n) is 4.95. The molecule has 0 saturated heterocycles. The zero-order valence-corrected chi connectivity index (χ0v) is 13.1. The van der Waals surface area contributed by atoms with Gasteiger partial charge in [-0.3, -0.25) is 0 Å². The highest BCUT2D eigenvalue weighted by Gasteiger charge is 2.15. The number of hydrogen-bond donors (Lipinski definition) is 0. The van der Waals surface area contributed by atoms with Gasteiger partial charge in [0.1, 0.15) is 17.2 Å². The maximum atomic E-state index is 13.8. The summed E-state index contributed by atoms with van der Waals surface area (Å²) in [5.41, 5.74) is 0.664. The Labute approximate surface area is 128 Å². The van der Waals surface area contributed by atoms with Crippen molar-refractivity contribution in [2.24, 2.45) is 0 Å². The van der Waals surface area contributed by atoms with Crippen LogP contribution in [0.3, 0.4) is 0 Å². The van der Waals surface area contributed by atoms with Crippen LogP contribution in [0.25, 0.3) is 11.0 Å². The third-order valence-electron chi connectivity index (χ3n) is 3.72. The molecule has 0 N–H and O–H groups in total. The first-order chi connectivity index (χ1) is 10.1. The van der Waals surface area contributed by atoms with E-state index in [0.29, 0.717) is 17.9 Å². The average molecular weight is 316 g/mol. The van der Waals surface area contributed by atoms with Crippen molar-refractivity contribution in [2.45, 2.75) is 32.7 Å². The van der Waals surface area contributed by atoms with Gasteiger partial charge in [0.05, 0.1) is 11.4 Å². The van der Waals surface area contributed by atoms with E-state index in [-0.39, 0.29) is 11.4 Å². The van der Waals surface area contributed by atoms with Gasteiger partial charge in [0, 0.05) is 12.6 Å². The zero-order valence-electron chi connectivity index (χ0n) is 12.4. The average Bonchev–Trinajstić information content (AvgIpc) is 2.82. The summed E-state index contributed by atoms with van der Waals surface area (Å²) in [5.74, 6) is -0.471. The number of fused-ring (bicyclic) bond motifs is 1. The minimum atomic E-state index is -0.640. The van der Waals surface area contributed by atoms with Gasteiger partial charge in [0.25, 0.3) is 0 Å². The van der Waals surface area contributed by atoms with Crippen LogP contribution in [-0.2, 0) is 12.4 Å². The second-order valence-corrected chi connectivity index (χ2v) is 5.22. The summed E-state index contributed by atoms with van der Waals surface area (Å²) in [7, 11) is 0. The molecule has 0 aliphatic rings. The molecule has 116 valence electrons. The molecule has 0 radical (unpaired) electrons. The summed E-state index contributed by atoms with van der Waals surface area (Å²) in [4.78, 5) is 6.49. The van der Waals surface area contributed by atoms with E-state index in [1.165, 1.54) is 6.07 Å². The number of alkyl halides is 1. The van der Waals surface area contributed by atoms with Gasteiger partial charge in [0.15, 0.2) is 5.82 Å². The topological polar surface area (TPSA) is 21.1 Å². The molecule has 0 bridgehead atoms. The molecule has 0 unspecified atom stereocenters. The molecule has 0 aliphatic heterocycles. The lowest BCUT2D eigenvalue weighted by Gasteiger charge is -2.18. The van der Waals surface area contributed by atoms with Gasteiger partial charge >= 0.3 is 0 Å². The van der Waals surface area contributed by atoms with Gasteiger partial charge in [0.2, 0.25) is 0 Å². The summed E-state index contributed by atoms with van der Waals surface area (Å²) in [6.07, 6.45) is 0.884. The number of aryl methyl sites for hydroxylation is 1. The number of imidazole rings is 1. The van der Waals surface area contributed by atoms with Gasteiger partial charge in [-0.2, -0.15) is 0 Å². The minimum Gasteiger partial charge on any atom is -0.327 e. The number of halogens is 3. The summed E-state index contributed by atoms with van der Waals surface area (Å²) < 4.78 is 29.0. The van der Waals surface area contributed by atoms with Crippen molar-refractivity contribution in [1.82, 2.24) is 14.5 Å². The van der Waals surface area contributed by atoms with Crippen LogP contribution in [0.1, 0.15) is 26.1 Å². The molecule has 0 spiro atoms. The fourth-order valence-corrected chi connectivity index (χ4v) is 2.75. The molecule has 6 heteroatoms. The number of nitrogens with zero attached hydrogens (tertiary/aromatic N) is 3. The molecule has 0 atom stereocenters. The Morgan fingerprint density at radius 2 is 1.95 bits per heavy atom. The lowest BCUT2D eigenvalue weighted by atomic mass is 10.3. The Morgan fingerprint density at radius 1 is 1.24 bits per heavy atom. The van der Waals surface area contributed by atoms with Gasteiger partial charge in [-0.1, -0.05) is 13.8 Å². The van der Waals surface area contributed by atoms with Crippen LogP contribution in [-0.4, -0.2) is 34.1 Å². The predicted molar refractivity (Wildman–Crippen MR) is 81.6 cm³/mol. The molecule has 3 nitrogen and oxygen atoms in total. The smallest absolute Gasteiger partial charge is 0.153 e. The number of hydrogen-bond acceptors (Lipinski definition) is 2. The Bertz CT molecular complexity index is 608. The highest BCUT2D eigenvalue weighted by atomic mass is 35.5. The molecule has 2 aromatic rings. The van der Waals surface area contributed by atoms with Gasteiger partial charge in [-0.15, -0.1) is 11.6 Å². The minimum absolute atomic E-state index is 0.182. The van der Waals surface area contributed by atoms with Crippen molar-refractivity contribution in [3.8, 4) is 0 Å². The van der Waals surface area contributed by atoms with E-state index in [2.05, 4.69) is 23.7 Å². The number of benzene rings is 1. The SMILES string of the molecule is CCN(CC)CCCn1c(CCl)nc2c(F)cc(F)cc21. The lowest BCUT2D eigenvalue weighted by Crippen LogP contribution is -2.25. The molecule has 0 amide bonds. The van der Waals surface area contributed by atoms with Crippen LogP contribution in [0.4, 0.5) is 8.78 Å². The van der Waals surface area contributed by atoms with Crippen molar-refractivity contribution in [2.75, 3.05) is 19.6 Å². The number of aromatic nitrogens is 2. The molecule has 1 heterocycles. The van der Waals surface area contributed by atoms with Crippen LogP contribution in [0.2, 0.25) is 0 Å². The van der Waals surface area contributed by atoms with E-state index in [0.717, 1.165) is 32.1 Å². The van der Waals surface area contributed by atoms with E-state index in [4.69, 9.17) is 11.6 Å². The van der Waals surface area contributed by atoms with Crippen LogP contribution >= 0.6 is 11.6 Å². The van der Waals surface area contributed by atoms with Crippen molar-refractivity contribution in [3.05, 3.63) is 29.6 Å². The van der Waals surface area contributed by atoms with E-state index in [9.17, 15) is 8.78 Å². The summed E-state index contributed by atoms with van der Waals surface area (Å²) in [6, 6.07) is 2.17. The second kappa shape index (κ2) is 7.18. The standard InChI is InChI=1S/C15H20ClF2N3/c1-3-20(4-2)6-5-7-21-13-9-11(17)8-12(18)15(13)19-14(21)10-16/h8-9H,3-7,10H2,1-2H3. The van der Waals surface area contributed by atoms with Crippen molar-refractivity contribution >= 4 is 22.6 Å². The van der Waals surface area contributed by atoms with Crippen LogP contribution < -0.4 is 0 Å². The number of rotatable bonds is 7. The molecular formula is C15H20ClF2N3. The van der Waals surface area contributed by atoms with Crippen LogP contribution in [0, 0.1) is 11.6 Å². The van der Waals surface area contributed by atoms with E-state index in [1.807, 2.05) is 4.57 Å². The molecule has 1 aromatic carbocycles. The summed E-state index contributed by atoms with van der Waals surface area (Å²) in [5, 5.41) is 0. The first-order valence-corrected chi connectivity index (χ1v) is 7.76. The fraction of sp³-hybridized carbons (Fsp3) is 0.533. The highest BCUT2D eigenvalue weighted by molar-refractivity contribution is 6.16. The van der Waals surface area contributed by atoms with Gasteiger partial charge in [-0.25, -0.2) is 13.8 Å². The third-order valence-corrected chi connectivity index (χ3v) is 3.96. The van der Waals surface area contributed by atoms with E-state index < -0.39 is 11.6 Å². The first kappa shape index (κ1) is 16.2. The molecule has 0 fully saturated rings. The van der Waals surface area contributed by atoms with Gasteiger partial charge in [-0.05, 0) is 32.1 Å². The molecule has 2 rings (SSSR count). The van der Waals surface area contributed by atoms with Crippen molar-refractivity contribution in [1.29, 1.82) is 0 Å². The zero-order chi connectivity index (χ0) is 15.4. The molecule has 0 aliphatic carbocycles. The van der Waals surface area contributed by atoms with Crippen molar-refractivity contribution < 1.29 is 8.78 Å². The highest BCUT2D eigenvalue weighted by Crippen LogP contribution is 2.22. The summed E-state index contributed by atoms with van der Waals surface area (Å²) >= 11 is 5.88. The maximum absolute atomic E-state index is 13.8. The van der Waals surface area contributed by atoms with Crippen molar-refractivity contribution in [3.63, 3.8) is 0 Å². The Balaban J connectivity index is 2.25. The Kier molecular flexibility index (Phi) is 5.53. The molecule has 21 heavy (non-hydrogen) atoms. The Morgan fingerprint density at radius 3 is 2.57 bits per heavy atom. The normalized spacial score (nSPS) is 11.7. The molecule has 1 aromatic heterocycles. The van der Waals surface area contributed by atoms with Crippen LogP contribution in [0.5, 0.6) is 0 Å². The monoisotopic (exact) mass is 315 g/mol.